The minimum atomic E-state index is 0. The third-order valence-corrected chi connectivity index (χ3v) is 3.70. The molecule has 0 bridgehead atoms. The van der Waals surface area contributed by atoms with Crippen molar-refractivity contribution in [3.8, 4) is 5.75 Å². The third-order valence-electron chi connectivity index (χ3n) is 3.70. The largest absolute Gasteiger partial charge is 0.497 e. The first-order valence-corrected chi connectivity index (χ1v) is 7.91. The van der Waals surface area contributed by atoms with Crippen molar-refractivity contribution in [1.82, 2.24) is 4.90 Å². The summed E-state index contributed by atoms with van der Waals surface area (Å²) < 4.78 is 5.16. The number of methoxy groups -OCH3 is 1. The first-order valence-electron chi connectivity index (χ1n) is 7.91. The van der Waals surface area contributed by atoms with Gasteiger partial charge >= 0.3 is 0 Å². The average molecular weight is 349 g/mol. The molecule has 2 aromatic carbocycles. The lowest BCUT2D eigenvalue weighted by Gasteiger charge is -2.20. The van der Waals surface area contributed by atoms with Crippen molar-refractivity contribution in [3.63, 3.8) is 0 Å². The number of nitrogens with one attached hydrogen (secondary N) is 1. The van der Waals surface area contributed by atoms with Crippen LogP contribution in [-0.4, -0.2) is 31.0 Å². The van der Waals surface area contributed by atoms with Crippen molar-refractivity contribution in [1.29, 1.82) is 0 Å². The van der Waals surface area contributed by atoms with E-state index in [4.69, 9.17) is 4.74 Å². The van der Waals surface area contributed by atoms with Crippen LogP contribution in [0.4, 0.5) is 5.69 Å². The van der Waals surface area contributed by atoms with Gasteiger partial charge in [-0.25, -0.2) is 0 Å². The van der Waals surface area contributed by atoms with Crippen LogP contribution in [0.25, 0.3) is 0 Å². The van der Waals surface area contributed by atoms with Gasteiger partial charge in [-0.2, -0.15) is 0 Å². The number of carbonyl (C=O) groups is 1. The molecule has 0 aromatic heterocycles. The molecule has 1 amide bonds. The summed E-state index contributed by atoms with van der Waals surface area (Å²) >= 11 is 0. The molecule has 0 saturated carbocycles. The highest BCUT2D eigenvalue weighted by atomic mass is 35.5. The summed E-state index contributed by atoms with van der Waals surface area (Å²) in [6, 6.07) is 17.7. The van der Waals surface area contributed by atoms with E-state index in [0.717, 1.165) is 31.1 Å². The number of carbonyl (C=O) groups excluding carboxylic acids is 1. The summed E-state index contributed by atoms with van der Waals surface area (Å²) in [5.41, 5.74) is 2.03. The van der Waals surface area contributed by atoms with Gasteiger partial charge in [0.2, 0.25) is 5.91 Å². The lowest BCUT2D eigenvalue weighted by Crippen LogP contribution is -2.27. The molecule has 0 saturated heterocycles. The summed E-state index contributed by atoms with van der Waals surface area (Å²) in [7, 11) is 1.61. The smallest absolute Gasteiger partial charge is 0.225 e. The molecule has 5 heteroatoms. The fourth-order valence-electron chi connectivity index (χ4n) is 2.37. The van der Waals surface area contributed by atoms with E-state index in [1.165, 1.54) is 5.56 Å². The quantitative estimate of drug-likeness (QED) is 0.784. The molecule has 130 valence electrons. The number of halogens is 1. The Hall–Kier alpha value is -2.04. The molecule has 1 N–H and O–H groups in total. The zero-order chi connectivity index (χ0) is 16.5. The SMILES string of the molecule is CCN(CCC(=O)Nc1cccc(OC)c1)Cc1ccccc1.Cl. The Morgan fingerprint density at radius 1 is 1.12 bits per heavy atom. The number of nitrogens with zero attached hydrogens (tertiary/aromatic N) is 1. The molecule has 2 rings (SSSR count). The fraction of sp³-hybridized carbons (Fsp3) is 0.316. The fourth-order valence-corrected chi connectivity index (χ4v) is 2.37. The van der Waals surface area contributed by atoms with Crippen molar-refractivity contribution in [2.75, 3.05) is 25.5 Å². The van der Waals surface area contributed by atoms with Crippen LogP contribution >= 0.6 is 12.4 Å². The van der Waals surface area contributed by atoms with E-state index >= 15 is 0 Å². The highest BCUT2D eigenvalue weighted by Gasteiger charge is 2.08. The van der Waals surface area contributed by atoms with Crippen LogP contribution in [0.1, 0.15) is 18.9 Å². The van der Waals surface area contributed by atoms with E-state index < -0.39 is 0 Å². The third kappa shape index (κ3) is 6.60. The topological polar surface area (TPSA) is 41.6 Å². The van der Waals surface area contributed by atoms with E-state index in [9.17, 15) is 4.79 Å². The number of hydrogen-bond donors (Lipinski definition) is 1. The molecule has 0 spiro atoms. The van der Waals surface area contributed by atoms with Crippen LogP contribution in [0.5, 0.6) is 5.75 Å². The maximum atomic E-state index is 12.1. The van der Waals surface area contributed by atoms with Crippen LogP contribution in [0, 0.1) is 0 Å². The minimum Gasteiger partial charge on any atom is -0.497 e. The molecule has 0 fully saturated rings. The number of ether oxygens (including phenoxy) is 1. The summed E-state index contributed by atoms with van der Waals surface area (Å²) in [5, 5.41) is 2.91. The highest BCUT2D eigenvalue weighted by molar-refractivity contribution is 5.91. The minimum absolute atomic E-state index is 0. The van der Waals surface area contributed by atoms with Gasteiger partial charge in [0.1, 0.15) is 5.75 Å². The van der Waals surface area contributed by atoms with Gasteiger partial charge in [-0.3, -0.25) is 9.69 Å². The molecule has 0 unspecified atom stereocenters. The molecule has 0 aliphatic heterocycles. The Morgan fingerprint density at radius 3 is 2.54 bits per heavy atom. The van der Waals surface area contributed by atoms with Crippen molar-refractivity contribution < 1.29 is 9.53 Å². The van der Waals surface area contributed by atoms with Gasteiger partial charge < -0.3 is 10.1 Å². The van der Waals surface area contributed by atoms with Crippen LogP contribution in [0.15, 0.2) is 54.6 Å². The number of hydrogen-bond acceptors (Lipinski definition) is 3. The van der Waals surface area contributed by atoms with Crippen molar-refractivity contribution in [2.24, 2.45) is 0 Å². The van der Waals surface area contributed by atoms with Crippen LogP contribution in [0.3, 0.4) is 0 Å². The van der Waals surface area contributed by atoms with Gasteiger partial charge in [-0.15, -0.1) is 12.4 Å². The van der Waals surface area contributed by atoms with E-state index in [0.29, 0.717) is 6.42 Å². The Labute approximate surface area is 150 Å². The summed E-state index contributed by atoms with van der Waals surface area (Å²) in [6.45, 7) is 4.63. The predicted molar refractivity (Wildman–Crippen MR) is 101 cm³/mol. The highest BCUT2D eigenvalue weighted by Crippen LogP contribution is 2.16. The average Bonchev–Trinajstić information content (AvgIpc) is 2.59. The van der Waals surface area contributed by atoms with Crippen LogP contribution in [-0.2, 0) is 11.3 Å². The number of rotatable bonds is 8. The van der Waals surface area contributed by atoms with E-state index in [1.807, 2.05) is 42.5 Å². The molecule has 0 radical (unpaired) electrons. The first-order chi connectivity index (χ1) is 11.2. The summed E-state index contributed by atoms with van der Waals surface area (Å²) in [4.78, 5) is 14.4. The second-order valence-electron chi connectivity index (χ2n) is 5.38. The van der Waals surface area contributed by atoms with Crippen LogP contribution in [0.2, 0.25) is 0 Å². The van der Waals surface area contributed by atoms with Gasteiger partial charge in [0.15, 0.2) is 0 Å². The Balaban J connectivity index is 0.00000288. The molecular weight excluding hydrogens is 324 g/mol. The first kappa shape index (κ1) is 20.0. The standard InChI is InChI=1S/C19H24N2O2.ClH/c1-3-21(15-16-8-5-4-6-9-16)13-12-19(22)20-17-10-7-11-18(14-17)23-2;/h4-11,14H,3,12-13,15H2,1-2H3,(H,20,22);1H. The molecule has 2 aromatic rings. The van der Waals surface area contributed by atoms with Crippen molar-refractivity contribution >= 4 is 24.0 Å². The van der Waals surface area contributed by atoms with E-state index in [2.05, 4.69) is 29.3 Å². The van der Waals surface area contributed by atoms with Crippen molar-refractivity contribution in [2.45, 2.75) is 19.9 Å². The molecule has 24 heavy (non-hydrogen) atoms. The van der Waals surface area contributed by atoms with Crippen molar-refractivity contribution in [3.05, 3.63) is 60.2 Å². The van der Waals surface area contributed by atoms with Crippen LogP contribution < -0.4 is 10.1 Å². The second-order valence-corrected chi connectivity index (χ2v) is 5.38. The lowest BCUT2D eigenvalue weighted by atomic mass is 10.2. The maximum absolute atomic E-state index is 12.1. The Morgan fingerprint density at radius 2 is 1.88 bits per heavy atom. The molecule has 0 aliphatic rings. The molecule has 0 atom stereocenters. The Bertz CT molecular complexity index is 620. The lowest BCUT2D eigenvalue weighted by molar-refractivity contribution is -0.116. The predicted octanol–water partition coefficient (Wildman–Crippen LogP) is 3.97. The van der Waals surface area contributed by atoms with Gasteiger partial charge in [0, 0.05) is 31.3 Å². The van der Waals surface area contributed by atoms with Gasteiger partial charge in [-0.1, -0.05) is 43.3 Å². The summed E-state index contributed by atoms with van der Waals surface area (Å²) in [6.07, 6.45) is 0.470. The molecule has 0 heterocycles. The Kier molecular flexibility index (Phi) is 8.90. The summed E-state index contributed by atoms with van der Waals surface area (Å²) in [5.74, 6) is 0.756. The number of benzene rings is 2. The van der Waals surface area contributed by atoms with Gasteiger partial charge in [-0.05, 0) is 24.2 Å². The molecule has 0 aliphatic carbocycles. The zero-order valence-corrected chi connectivity index (χ0v) is 15.0. The second kappa shape index (κ2) is 10.7. The van der Waals surface area contributed by atoms with E-state index in [-0.39, 0.29) is 18.3 Å². The molecular formula is C19H25ClN2O2. The molecule has 4 nitrogen and oxygen atoms in total. The van der Waals surface area contributed by atoms with Gasteiger partial charge in [0.25, 0.3) is 0 Å². The monoisotopic (exact) mass is 348 g/mol. The normalized spacial score (nSPS) is 10.1. The number of anilines is 1. The number of amides is 1. The van der Waals surface area contributed by atoms with Gasteiger partial charge in [0.05, 0.1) is 7.11 Å². The van der Waals surface area contributed by atoms with E-state index in [1.54, 1.807) is 7.11 Å². The maximum Gasteiger partial charge on any atom is 0.225 e. The zero-order valence-electron chi connectivity index (χ0n) is 14.2.